The van der Waals surface area contributed by atoms with Gasteiger partial charge in [0, 0.05) is 51.0 Å². The largest absolute Gasteiger partial charge is 0.369 e. The number of nitrogens with one attached hydrogen (secondary N) is 2. The number of benzene rings is 1. The van der Waals surface area contributed by atoms with Gasteiger partial charge in [-0.05, 0) is 31.9 Å². The summed E-state index contributed by atoms with van der Waals surface area (Å²) in [4.78, 5) is 7.00. The summed E-state index contributed by atoms with van der Waals surface area (Å²) in [7, 11) is -3.13. The highest BCUT2D eigenvalue weighted by atomic mass is 127. The van der Waals surface area contributed by atoms with Crippen LogP contribution in [0, 0.1) is 0 Å². The van der Waals surface area contributed by atoms with Crippen molar-refractivity contribution in [1.29, 1.82) is 0 Å². The van der Waals surface area contributed by atoms with E-state index >= 15 is 0 Å². The van der Waals surface area contributed by atoms with Crippen LogP contribution in [0.25, 0.3) is 0 Å². The molecule has 0 aromatic heterocycles. The Balaban J connectivity index is 0.00000392. The Kier molecular flexibility index (Phi) is 11.1. The van der Waals surface area contributed by atoms with E-state index in [1.165, 1.54) is 16.2 Å². The van der Waals surface area contributed by atoms with Crippen LogP contribution < -0.4 is 15.5 Å². The minimum absolute atomic E-state index is 0. The van der Waals surface area contributed by atoms with E-state index in [4.69, 9.17) is 0 Å². The summed E-state index contributed by atoms with van der Waals surface area (Å²) in [5.41, 5.74) is 1.25. The third-order valence-corrected chi connectivity index (χ3v) is 6.03. The molecule has 1 aliphatic rings. The van der Waals surface area contributed by atoms with Crippen molar-refractivity contribution in [3.8, 4) is 0 Å². The highest BCUT2D eigenvalue weighted by Gasteiger charge is 2.23. The molecular weight excluding hydrogens is 489 g/mol. The molecule has 1 heterocycles. The predicted molar refractivity (Wildman–Crippen MR) is 128 cm³/mol. The minimum Gasteiger partial charge on any atom is -0.369 e. The van der Waals surface area contributed by atoms with Gasteiger partial charge in [0.1, 0.15) is 0 Å². The maximum absolute atomic E-state index is 11.6. The second-order valence-electron chi connectivity index (χ2n) is 6.78. The minimum atomic E-state index is -3.13. The van der Waals surface area contributed by atoms with Crippen molar-refractivity contribution in [3.63, 3.8) is 0 Å². The highest BCUT2D eigenvalue weighted by molar-refractivity contribution is 14.0. The zero-order chi connectivity index (χ0) is 19.7. The summed E-state index contributed by atoms with van der Waals surface area (Å²) < 4.78 is 24.7. The highest BCUT2D eigenvalue weighted by Crippen LogP contribution is 2.19. The summed E-state index contributed by atoms with van der Waals surface area (Å²) in [6, 6.07) is 10.8. The predicted octanol–water partition coefficient (Wildman–Crippen LogP) is 2.11. The lowest BCUT2D eigenvalue weighted by molar-refractivity contribution is 0.427. The van der Waals surface area contributed by atoms with Crippen LogP contribution in [0.3, 0.4) is 0 Å². The number of hydrogen-bond acceptors (Lipinski definition) is 4. The molecule has 1 aliphatic heterocycles. The zero-order valence-corrected chi connectivity index (χ0v) is 20.2. The maximum atomic E-state index is 11.6. The van der Waals surface area contributed by atoms with Crippen LogP contribution in [-0.4, -0.2) is 70.2 Å². The molecular formula is C19H34IN5O2S. The van der Waals surface area contributed by atoms with Gasteiger partial charge in [0.2, 0.25) is 10.0 Å². The molecule has 0 bridgehead atoms. The monoisotopic (exact) mass is 523 g/mol. The molecule has 1 fully saturated rings. The molecule has 9 heteroatoms. The first-order chi connectivity index (χ1) is 12.9. The Morgan fingerprint density at radius 1 is 1.29 bits per heavy atom. The van der Waals surface area contributed by atoms with Crippen molar-refractivity contribution in [1.82, 2.24) is 14.9 Å². The van der Waals surface area contributed by atoms with Gasteiger partial charge >= 0.3 is 0 Å². The van der Waals surface area contributed by atoms with Crippen LogP contribution in [0.2, 0.25) is 0 Å². The van der Waals surface area contributed by atoms with Crippen LogP contribution in [0.5, 0.6) is 0 Å². The van der Waals surface area contributed by atoms with E-state index in [0.717, 1.165) is 32.0 Å². The summed E-state index contributed by atoms with van der Waals surface area (Å²) in [6.45, 7) is 8.27. The molecule has 2 N–H and O–H groups in total. The smallest absolute Gasteiger partial charge is 0.211 e. The van der Waals surface area contributed by atoms with Crippen LogP contribution in [0.1, 0.15) is 26.7 Å². The number of guanidine groups is 1. The van der Waals surface area contributed by atoms with Crippen molar-refractivity contribution in [3.05, 3.63) is 30.3 Å². The van der Waals surface area contributed by atoms with E-state index in [2.05, 4.69) is 44.8 Å². The number of rotatable bonds is 9. The van der Waals surface area contributed by atoms with E-state index in [1.54, 1.807) is 0 Å². The molecule has 7 nitrogen and oxygen atoms in total. The van der Waals surface area contributed by atoms with Crippen molar-refractivity contribution >= 4 is 45.6 Å². The summed E-state index contributed by atoms with van der Waals surface area (Å²) in [5, 5.41) is 6.80. The normalized spacial score (nSPS) is 17.5. The van der Waals surface area contributed by atoms with Crippen LogP contribution in [-0.2, 0) is 10.0 Å². The van der Waals surface area contributed by atoms with Crippen molar-refractivity contribution in [2.24, 2.45) is 4.99 Å². The van der Waals surface area contributed by atoms with Crippen LogP contribution >= 0.6 is 24.0 Å². The van der Waals surface area contributed by atoms with Crippen LogP contribution in [0.4, 0.5) is 5.69 Å². The van der Waals surface area contributed by atoms with Crippen LogP contribution in [0.15, 0.2) is 35.3 Å². The van der Waals surface area contributed by atoms with Crippen molar-refractivity contribution < 1.29 is 8.42 Å². The molecule has 0 aliphatic carbocycles. The molecule has 160 valence electrons. The number of hydrogen-bond donors (Lipinski definition) is 2. The average Bonchev–Trinajstić information content (AvgIpc) is 3.10. The average molecular weight is 523 g/mol. The third kappa shape index (κ3) is 8.12. The summed E-state index contributed by atoms with van der Waals surface area (Å²) >= 11 is 0. The number of anilines is 1. The summed E-state index contributed by atoms with van der Waals surface area (Å²) in [5.74, 6) is 0.805. The molecule has 1 unspecified atom stereocenters. The fourth-order valence-corrected chi connectivity index (χ4v) is 4.19. The van der Waals surface area contributed by atoms with Crippen molar-refractivity contribution in [2.45, 2.75) is 32.7 Å². The fourth-order valence-electron chi connectivity index (χ4n) is 3.26. The molecule has 2 rings (SSSR count). The Labute approximate surface area is 187 Å². The molecule has 28 heavy (non-hydrogen) atoms. The molecule has 1 aromatic carbocycles. The van der Waals surface area contributed by atoms with Gasteiger partial charge in [-0.2, -0.15) is 0 Å². The lowest BCUT2D eigenvalue weighted by atomic mass is 10.3. The van der Waals surface area contributed by atoms with Gasteiger partial charge in [-0.15, -0.1) is 24.0 Å². The van der Waals surface area contributed by atoms with Gasteiger partial charge < -0.3 is 15.5 Å². The van der Waals surface area contributed by atoms with E-state index in [9.17, 15) is 8.42 Å². The van der Waals surface area contributed by atoms with E-state index in [0.29, 0.717) is 32.1 Å². The lowest BCUT2D eigenvalue weighted by Crippen LogP contribution is -2.44. The van der Waals surface area contributed by atoms with Gasteiger partial charge in [-0.1, -0.05) is 25.1 Å². The molecule has 0 spiro atoms. The number of para-hydroxylation sites is 1. The SMILES string of the molecule is CCNC(=NCCCN(CC)S(C)(=O)=O)NC1CCN(c2ccccc2)C1.I. The Morgan fingerprint density at radius 2 is 2.00 bits per heavy atom. The third-order valence-electron chi connectivity index (χ3n) is 4.65. The second-order valence-corrected chi connectivity index (χ2v) is 8.76. The van der Waals surface area contributed by atoms with Gasteiger partial charge in [0.25, 0.3) is 0 Å². The zero-order valence-electron chi connectivity index (χ0n) is 17.1. The first kappa shape index (κ1) is 25.0. The van der Waals surface area contributed by atoms with E-state index in [-0.39, 0.29) is 24.0 Å². The number of halogens is 1. The van der Waals surface area contributed by atoms with Gasteiger partial charge in [-0.3, -0.25) is 4.99 Å². The molecule has 1 aromatic rings. The lowest BCUT2D eigenvalue weighted by Gasteiger charge is -2.20. The Hall–Kier alpha value is -1.07. The number of nitrogens with zero attached hydrogens (tertiary/aromatic N) is 3. The topological polar surface area (TPSA) is 77.0 Å². The van der Waals surface area contributed by atoms with E-state index in [1.807, 2.05) is 19.9 Å². The molecule has 0 radical (unpaired) electrons. The standard InChI is InChI=1S/C19H33N5O2S.HI/c1-4-20-19(21-13-9-14-24(5-2)27(3,25)26)22-17-12-15-23(16-17)18-10-7-6-8-11-18;/h6-8,10-11,17H,4-5,9,12-16H2,1-3H3,(H2,20,21,22);1H. The Morgan fingerprint density at radius 3 is 2.61 bits per heavy atom. The molecule has 0 saturated carbocycles. The Bertz CT molecular complexity index is 700. The first-order valence-electron chi connectivity index (χ1n) is 9.74. The quantitative estimate of drug-likeness (QED) is 0.225. The number of sulfonamides is 1. The van der Waals surface area contributed by atoms with Gasteiger partial charge in [0.05, 0.1) is 6.26 Å². The molecule has 0 amide bonds. The second kappa shape index (κ2) is 12.5. The van der Waals surface area contributed by atoms with Crippen molar-refractivity contribution in [2.75, 3.05) is 50.4 Å². The van der Waals surface area contributed by atoms with E-state index < -0.39 is 10.0 Å². The number of aliphatic imine (C=N–C) groups is 1. The first-order valence-corrected chi connectivity index (χ1v) is 11.6. The van der Waals surface area contributed by atoms with Gasteiger partial charge in [-0.25, -0.2) is 12.7 Å². The molecule has 1 saturated heterocycles. The maximum Gasteiger partial charge on any atom is 0.211 e. The summed E-state index contributed by atoms with van der Waals surface area (Å²) in [6.07, 6.45) is 3.03. The molecule has 1 atom stereocenters. The fraction of sp³-hybridized carbons (Fsp3) is 0.632. The van der Waals surface area contributed by atoms with Gasteiger partial charge in [0.15, 0.2) is 5.96 Å².